The second-order valence-electron chi connectivity index (χ2n) is 3.98. The predicted molar refractivity (Wildman–Crippen MR) is 57.3 cm³/mol. The minimum Gasteiger partial charge on any atom is -0.380 e. The average molecular weight is 201 g/mol. The minimum absolute atomic E-state index is 0.509. The Morgan fingerprint density at radius 2 is 2.00 bits per heavy atom. The van der Waals surface area contributed by atoms with Crippen LogP contribution in [-0.4, -0.2) is 48.8 Å². The fourth-order valence-electron chi connectivity index (χ4n) is 2.33. The van der Waals surface area contributed by atoms with Crippen molar-refractivity contribution in [3.05, 3.63) is 0 Å². The molecule has 2 saturated heterocycles. The molecule has 3 heteroatoms. The Balaban J connectivity index is 1.80. The van der Waals surface area contributed by atoms with Crippen molar-refractivity contribution in [3.8, 4) is 0 Å². The molecule has 2 fully saturated rings. The molecule has 0 aliphatic carbocycles. The third-order valence-electron chi connectivity index (χ3n) is 3.22. The molecule has 0 unspecified atom stereocenters. The lowest BCUT2D eigenvalue weighted by Crippen LogP contribution is -2.36. The molecule has 0 aromatic rings. The van der Waals surface area contributed by atoms with Crippen LogP contribution in [0.5, 0.6) is 0 Å². The molecule has 0 bridgehead atoms. The summed E-state index contributed by atoms with van der Waals surface area (Å²) in [7, 11) is 1.84. The van der Waals surface area contributed by atoms with E-state index in [9.17, 15) is 0 Å². The highest BCUT2D eigenvalue weighted by molar-refractivity contribution is 7.99. The van der Waals surface area contributed by atoms with Gasteiger partial charge >= 0.3 is 0 Å². The summed E-state index contributed by atoms with van der Waals surface area (Å²) in [6.07, 6.45) is 4.53. The van der Waals surface area contributed by atoms with E-state index in [0.29, 0.717) is 6.10 Å². The van der Waals surface area contributed by atoms with Crippen LogP contribution in [0.15, 0.2) is 0 Å². The number of hydrogen-bond donors (Lipinski definition) is 0. The summed E-state index contributed by atoms with van der Waals surface area (Å²) < 4.78 is 5.39. The summed E-state index contributed by atoms with van der Waals surface area (Å²) in [4.78, 5) is 2.63. The molecule has 2 nitrogen and oxygen atoms in total. The van der Waals surface area contributed by atoms with Crippen molar-refractivity contribution in [2.75, 3.05) is 31.7 Å². The first kappa shape index (κ1) is 9.81. The van der Waals surface area contributed by atoms with Gasteiger partial charge in [-0.05, 0) is 30.8 Å². The zero-order chi connectivity index (χ0) is 9.10. The van der Waals surface area contributed by atoms with Crippen molar-refractivity contribution in [1.82, 2.24) is 4.90 Å². The largest absolute Gasteiger partial charge is 0.380 e. The normalized spacial score (nSPS) is 32.5. The molecular formula is C10H19NOS. The molecule has 2 aliphatic heterocycles. The van der Waals surface area contributed by atoms with E-state index in [4.69, 9.17) is 4.74 Å². The highest BCUT2D eigenvalue weighted by Gasteiger charge is 2.28. The standard InChI is InChI=1S/C10H19NOS/c1-12-10-2-5-11(8-10)9-3-6-13-7-4-9/h9-10H,2-8H2,1H3/t10-/m0/s1. The molecule has 0 aromatic carbocycles. The van der Waals surface area contributed by atoms with Gasteiger partial charge in [0.1, 0.15) is 0 Å². The van der Waals surface area contributed by atoms with Crippen molar-refractivity contribution in [2.24, 2.45) is 0 Å². The second-order valence-corrected chi connectivity index (χ2v) is 5.21. The first-order valence-electron chi connectivity index (χ1n) is 5.24. The molecule has 0 spiro atoms. The summed E-state index contributed by atoms with van der Waals surface area (Å²) >= 11 is 2.11. The zero-order valence-electron chi connectivity index (χ0n) is 8.37. The van der Waals surface area contributed by atoms with Gasteiger partial charge in [-0.3, -0.25) is 4.90 Å². The summed E-state index contributed by atoms with van der Waals surface area (Å²) in [5.74, 6) is 2.72. The number of nitrogens with zero attached hydrogens (tertiary/aromatic N) is 1. The lowest BCUT2D eigenvalue weighted by Gasteiger charge is -2.30. The maximum atomic E-state index is 5.39. The van der Waals surface area contributed by atoms with E-state index < -0.39 is 0 Å². The van der Waals surface area contributed by atoms with E-state index in [1.165, 1.54) is 43.9 Å². The molecule has 0 radical (unpaired) electrons. The Morgan fingerprint density at radius 1 is 1.23 bits per heavy atom. The van der Waals surface area contributed by atoms with E-state index in [0.717, 1.165) is 6.04 Å². The van der Waals surface area contributed by atoms with E-state index in [-0.39, 0.29) is 0 Å². The van der Waals surface area contributed by atoms with Crippen molar-refractivity contribution in [3.63, 3.8) is 0 Å². The van der Waals surface area contributed by atoms with Gasteiger partial charge in [0.15, 0.2) is 0 Å². The number of ether oxygens (including phenoxy) is 1. The van der Waals surface area contributed by atoms with E-state index in [1.807, 2.05) is 7.11 Å². The highest BCUT2D eigenvalue weighted by Crippen LogP contribution is 2.25. The second kappa shape index (κ2) is 4.67. The lowest BCUT2D eigenvalue weighted by molar-refractivity contribution is 0.0996. The van der Waals surface area contributed by atoms with Gasteiger partial charge in [-0.2, -0.15) is 11.8 Å². The van der Waals surface area contributed by atoms with E-state index in [1.54, 1.807) is 0 Å². The van der Waals surface area contributed by atoms with Crippen molar-refractivity contribution < 1.29 is 4.74 Å². The van der Waals surface area contributed by atoms with Gasteiger partial charge in [0.2, 0.25) is 0 Å². The Labute approximate surface area is 85.0 Å². The Morgan fingerprint density at radius 3 is 2.62 bits per heavy atom. The van der Waals surface area contributed by atoms with Crippen LogP contribution in [0.25, 0.3) is 0 Å². The number of rotatable bonds is 2. The van der Waals surface area contributed by atoms with Crippen molar-refractivity contribution in [2.45, 2.75) is 31.4 Å². The maximum absolute atomic E-state index is 5.39. The average Bonchev–Trinajstić information content (AvgIpc) is 2.67. The van der Waals surface area contributed by atoms with Crippen LogP contribution < -0.4 is 0 Å². The summed E-state index contributed by atoms with van der Waals surface area (Å²) in [5.41, 5.74) is 0. The van der Waals surface area contributed by atoms with E-state index in [2.05, 4.69) is 16.7 Å². The SMILES string of the molecule is CO[C@H]1CCN(C2CCSCC2)C1. The molecule has 13 heavy (non-hydrogen) atoms. The molecule has 2 aliphatic rings. The number of likely N-dealkylation sites (tertiary alicyclic amines) is 1. The van der Waals surface area contributed by atoms with Gasteiger partial charge in [-0.1, -0.05) is 0 Å². The predicted octanol–water partition coefficient (Wildman–Crippen LogP) is 1.60. The van der Waals surface area contributed by atoms with Crippen LogP contribution in [0, 0.1) is 0 Å². The van der Waals surface area contributed by atoms with Gasteiger partial charge in [-0.15, -0.1) is 0 Å². The molecule has 2 heterocycles. The van der Waals surface area contributed by atoms with E-state index >= 15 is 0 Å². The first-order chi connectivity index (χ1) is 6.40. The summed E-state index contributed by atoms with van der Waals surface area (Å²) in [5, 5.41) is 0. The molecule has 2 rings (SSSR count). The van der Waals surface area contributed by atoms with Crippen LogP contribution in [0.4, 0.5) is 0 Å². The van der Waals surface area contributed by atoms with Crippen molar-refractivity contribution >= 4 is 11.8 Å². The lowest BCUT2D eigenvalue weighted by atomic mass is 10.1. The van der Waals surface area contributed by atoms with Gasteiger partial charge in [0.05, 0.1) is 6.10 Å². The fraction of sp³-hybridized carbons (Fsp3) is 1.00. The maximum Gasteiger partial charge on any atom is 0.0710 e. The smallest absolute Gasteiger partial charge is 0.0710 e. The zero-order valence-corrected chi connectivity index (χ0v) is 9.18. The Hall–Kier alpha value is 0.270. The molecule has 0 N–H and O–H groups in total. The van der Waals surface area contributed by atoms with Crippen LogP contribution in [-0.2, 0) is 4.74 Å². The number of thioether (sulfide) groups is 1. The van der Waals surface area contributed by atoms with Crippen LogP contribution in [0.2, 0.25) is 0 Å². The fourth-order valence-corrected chi connectivity index (χ4v) is 3.41. The third kappa shape index (κ3) is 2.39. The molecular weight excluding hydrogens is 182 g/mol. The van der Waals surface area contributed by atoms with Crippen LogP contribution >= 0.6 is 11.8 Å². The topological polar surface area (TPSA) is 12.5 Å². The monoisotopic (exact) mass is 201 g/mol. The van der Waals surface area contributed by atoms with Crippen LogP contribution in [0.1, 0.15) is 19.3 Å². The van der Waals surface area contributed by atoms with Gasteiger partial charge in [0.25, 0.3) is 0 Å². The molecule has 0 amide bonds. The molecule has 1 atom stereocenters. The highest BCUT2D eigenvalue weighted by atomic mass is 32.2. The minimum atomic E-state index is 0.509. The Kier molecular flexibility index (Phi) is 3.52. The molecule has 0 saturated carbocycles. The summed E-state index contributed by atoms with van der Waals surface area (Å²) in [6.45, 7) is 2.43. The summed E-state index contributed by atoms with van der Waals surface area (Å²) in [6, 6.07) is 0.862. The number of hydrogen-bond acceptors (Lipinski definition) is 3. The van der Waals surface area contributed by atoms with Gasteiger partial charge in [0, 0.05) is 26.2 Å². The quantitative estimate of drug-likeness (QED) is 0.673. The van der Waals surface area contributed by atoms with Crippen LogP contribution in [0.3, 0.4) is 0 Å². The van der Waals surface area contributed by atoms with Gasteiger partial charge < -0.3 is 4.74 Å². The molecule has 0 aromatic heterocycles. The first-order valence-corrected chi connectivity index (χ1v) is 6.40. The Bertz CT molecular complexity index is 159. The number of methoxy groups -OCH3 is 1. The third-order valence-corrected chi connectivity index (χ3v) is 4.27. The van der Waals surface area contributed by atoms with Gasteiger partial charge in [-0.25, -0.2) is 0 Å². The van der Waals surface area contributed by atoms with Crippen molar-refractivity contribution in [1.29, 1.82) is 0 Å². The molecule has 76 valence electrons.